The number of sulfonamides is 1. The Bertz CT molecular complexity index is 1130. The largest absolute Gasteiger partial charge is 0.379 e. The van der Waals surface area contributed by atoms with Crippen LogP contribution in [0.3, 0.4) is 0 Å². The summed E-state index contributed by atoms with van der Waals surface area (Å²) in [5.74, 6) is 0.409. The van der Waals surface area contributed by atoms with E-state index in [9.17, 15) is 13.2 Å². The van der Waals surface area contributed by atoms with Crippen LogP contribution in [-0.4, -0.2) is 72.6 Å². The van der Waals surface area contributed by atoms with Crippen LogP contribution in [0.25, 0.3) is 11.0 Å². The van der Waals surface area contributed by atoms with Crippen LogP contribution in [0.1, 0.15) is 30.9 Å². The minimum absolute atomic E-state index is 0.0536. The quantitative estimate of drug-likeness (QED) is 0.703. The lowest BCUT2D eigenvalue weighted by Gasteiger charge is -2.30. The van der Waals surface area contributed by atoms with Crippen molar-refractivity contribution in [3.8, 4) is 0 Å². The van der Waals surface area contributed by atoms with E-state index in [1.165, 1.54) is 10.6 Å². The Hall–Kier alpha value is -2.37. The SMILES string of the molecule is C=Nc1c(C)c(=O)n([C@@H]2CCOC2)c2nc(NC3CCN(S(C)(=O)=O)CC3)ncc12. The maximum atomic E-state index is 13.1. The second kappa shape index (κ2) is 8.05. The zero-order valence-electron chi connectivity index (χ0n) is 17.2. The molecule has 11 heteroatoms. The van der Waals surface area contributed by atoms with Gasteiger partial charge in [-0.25, -0.2) is 17.7 Å². The summed E-state index contributed by atoms with van der Waals surface area (Å²) in [5.41, 5.74) is 1.38. The van der Waals surface area contributed by atoms with Crippen LogP contribution in [0.15, 0.2) is 16.0 Å². The van der Waals surface area contributed by atoms with Crippen LogP contribution in [-0.2, 0) is 14.8 Å². The Morgan fingerprint density at radius 3 is 2.63 bits per heavy atom. The molecular weight excluding hydrogens is 408 g/mol. The predicted octanol–water partition coefficient (Wildman–Crippen LogP) is 1.23. The van der Waals surface area contributed by atoms with E-state index in [1.807, 2.05) is 0 Å². The molecule has 4 rings (SSSR count). The normalized spacial score (nSPS) is 21.2. The number of hydrogen-bond donors (Lipinski definition) is 1. The highest BCUT2D eigenvalue weighted by Gasteiger charge is 2.27. The van der Waals surface area contributed by atoms with Gasteiger partial charge in [-0.3, -0.25) is 14.4 Å². The number of hydrogen-bond acceptors (Lipinski definition) is 8. The minimum atomic E-state index is -3.17. The summed E-state index contributed by atoms with van der Waals surface area (Å²) in [6, 6.07) is -0.0313. The smallest absolute Gasteiger partial charge is 0.257 e. The Labute approximate surface area is 175 Å². The van der Waals surface area contributed by atoms with Gasteiger partial charge in [-0.1, -0.05) is 0 Å². The third kappa shape index (κ3) is 3.84. The molecule has 0 aromatic carbocycles. The van der Waals surface area contributed by atoms with Gasteiger partial charge in [0.25, 0.3) is 5.56 Å². The standard InChI is InChI=1S/C19H26N6O4S/c1-12-16(20-2)15-10-21-19(22-13-4-7-24(8-5-13)30(3,27)28)23-17(15)25(18(12)26)14-6-9-29-11-14/h10,13-14H,2,4-9,11H2,1,3H3,(H,21,22,23)/t14-/m1/s1. The number of anilines is 1. The van der Waals surface area contributed by atoms with Crippen molar-refractivity contribution >= 4 is 39.4 Å². The van der Waals surface area contributed by atoms with E-state index in [2.05, 4.69) is 27.0 Å². The number of nitrogens with zero attached hydrogens (tertiary/aromatic N) is 5. The van der Waals surface area contributed by atoms with Gasteiger partial charge in [-0.15, -0.1) is 0 Å². The Kier molecular flexibility index (Phi) is 5.60. The molecule has 0 aliphatic carbocycles. The van der Waals surface area contributed by atoms with Crippen molar-refractivity contribution < 1.29 is 13.2 Å². The van der Waals surface area contributed by atoms with E-state index in [0.29, 0.717) is 67.4 Å². The van der Waals surface area contributed by atoms with Crippen molar-refractivity contribution in [2.24, 2.45) is 4.99 Å². The van der Waals surface area contributed by atoms with Gasteiger partial charge in [0.2, 0.25) is 16.0 Å². The fraction of sp³-hybridized carbons (Fsp3) is 0.579. The zero-order chi connectivity index (χ0) is 21.5. The van der Waals surface area contributed by atoms with Crippen molar-refractivity contribution in [3.05, 3.63) is 22.1 Å². The molecular formula is C19H26N6O4S. The first-order valence-electron chi connectivity index (χ1n) is 9.97. The van der Waals surface area contributed by atoms with Crippen LogP contribution in [0.5, 0.6) is 0 Å². The number of aliphatic imine (C=N–C) groups is 1. The molecule has 0 amide bonds. The molecule has 1 N–H and O–H groups in total. The first-order chi connectivity index (χ1) is 14.3. The molecule has 2 aromatic heterocycles. The number of piperidine rings is 1. The fourth-order valence-corrected chi connectivity index (χ4v) is 5.03. The summed E-state index contributed by atoms with van der Waals surface area (Å²) in [5, 5.41) is 3.97. The molecule has 10 nitrogen and oxygen atoms in total. The Morgan fingerprint density at radius 2 is 2.03 bits per heavy atom. The van der Waals surface area contributed by atoms with E-state index in [1.54, 1.807) is 17.7 Å². The number of nitrogens with one attached hydrogen (secondary N) is 1. The molecule has 0 saturated carbocycles. The molecule has 0 spiro atoms. The minimum Gasteiger partial charge on any atom is -0.379 e. The summed E-state index contributed by atoms with van der Waals surface area (Å²) < 4.78 is 32.1. The molecule has 1 atom stereocenters. The van der Waals surface area contributed by atoms with E-state index in [-0.39, 0.29) is 17.6 Å². The highest BCUT2D eigenvalue weighted by Crippen LogP contribution is 2.30. The number of ether oxygens (including phenoxy) is 1. The lowest BCUT2D eigenvalue weighted by Crippen LogP contribution is -2.42. The van der Waals surface area contributed by atoms with E-state index < -0.39 is 10.0 Å². The number of rotatable bonds is 5. The topological polar surface area (TPSA) is 119 Å². The van der Waals surface area contributed by atoms with Crippen molar-refractivity contribution in [1.29, 1.82) is 0 Å². The van der Waals surface area contributed by atoms with Crippen LogP contribution in [0.2, 0.25) is 0 Å². The third-order valence-electron chi connectivity index (χ3n) is 5.83. The van der Waals surface area contributed by atoms with Gasteiger partial charge < -0.3 is 10.1 Å². The lowest BCUT2D eigenvalue weighted by molar-refractivity contribution is 0.186. The molecule has 2 saturated heterocycles. The second-order valence-corrected chi connectivity index (χ2v) is 9.82. The van der Waals surface area contributed by atoms with Crippen LogP contribution >= 0.6 is 0 Å². The molecule has 2 aliphatic rings. The predicted molar refractivity (Wildman–Crippen MR) is 115 cm³/mol. The van der Waals surface area contributed by atoms with Gasteiger partial charge in [-0.05, 0) is 32.9 Å². The van der Waals surface area contributed by atoms with Gasteiger partial charge >= 0.3 is 0 Å². The molecule has 30 heavy (non-hydrogen) atoms. The Balaban J connectivity index is 1.68. The van der Waals surface area contributed by atoms with Gasteiger partial charge in [0.05, 0.1) is 30.0 Å². The van der Waals surface area contributed by atoms with E-state index >= 15 is 0 Å². The molecule has 2 fully saturated rings. The third-order valence-corrected chi connectivity index (χ3v) is 7.14. The average molecular weight is 435 g/mol. The van der Waals surface area contributed by atoms with Crippen LogP contribution < -0.4 is 10.9 Å². The summed E-state index contributed by atoms with van der Waals surface area (Å²) >= 11 is 0. The molecule has 2 aliphatic heterocycles. The number of pyridine rings is 1. The Morgan fingerprint density at radius 1 is 1.30 bits per heavy atom. The summed E-state index contributed by atoms with van der Waals surface area (Å²) in [7, 11) is -3.17. The van der Waals surface area contributed by atoms with E-state index in [4.69, 9.17) is 4.74 Å². The fourth-order valence-electron chi connectivity index (χ4n) is 4.16. The van der Waals surface area contributed by atoms with Gasteiger partial charge in [0.15, 0.2) is 5.65 Å². The van der Waals surface area contributed by atoms with Gasteiger partial charge in [0, 0.05) is 37.5 Å². The zero-order valence-corrected chi connectivity index (χ0v) is 18.0. The highest BCUT2D eigenvalue weighted by atomic mass is 32.2. The average Bonchev–Trinajstić information content (AvgIpc) is 3.23. The molecule has 0 bridgehead atoms. The maximum Gasteiger partial charge on any atom is 0.257 e. The molecule has 2 aromatic rings. The number of aromatic nitrogens is 3. The highest BCUT2D eigenvalue weighted by molar-refractivity contribution is 7.88. The van der Waals surface area contributed by atoms with Crippen LogP contribution in [0, 0.1) is 6.92 Å². The first kappa shape index (κ1) is 20.9. The molecule has 0 unspecified atom stereocenters. The van der Waals surface area contributed by atoms with E-state index in [0.717, 1.165) is 6.42 Å². The van der Waals surface area contributed by atoms with Gasteiger partial charge in [-0.2, -0.15) is 4.98 Å². The summed E-state index contributed by atoms with van der Waals surface area (Å²) in [6.45, 7) is 7.32. The molecule has 4 heterocycles. The molecule has 0 radical (unpaired) electrons. The second-order valence-electron chi connectivity index (χ2n) is 7.84. The van der Waals surface area contributed by atoms with Crippen molar-refractivity contribution in [2.75, 3.05) is 37.9 Å². The first-order valence-corrected chi connectivity index (χ1v) is 11.8. The maximum absolute atomic E-state index is 13.1. The van der Waals surface area contributed by atoms with Crippen LogP contribution in [0.4, 0.5) is 11.6 Å². The molecule has 162 valence electrons. The summed E-state index contributed by atoms with van der Waals surface area (Å²) in [4.78, 5) is 26.2. The van der Waals surface area contributed by atoms with Crippen molar-refractivity contribution in [2.45, 2.75) is 38.3 Å². The monoisotopic (exact) mass is 434 g/mol. The summed E-state index contributed by atoms with van der Waals surface area (Å²) in [6.07, 6.45) is 4.95. The van der Waals surface area contributed by atoms with Gasteiger partial charge in [0.1, 0.15) is 0 Å². The van der Waals surface area contributed by atoms with Crippen molar-refractivity contribution in [3.63, 3.8) is 0 Å². The number of fused-ring (bicyclic) bond motifs is 1. The lowest BCUT2D eigenvalue weighted by atomic mass is 10.1. The van der Waals surface area contributed by atoms with Crippen molar-refractivity contribution in [1.82, 2.24) is 18.8 Å².